The largest absolute Gasteiger partial charge is 0.473 e. The Morgan fingerprint density at radius 2 is 1.16 bits per heavy atom. The minimum Gasteiger partial charge on any atom is -0.393 e. The van der Waals surface area contributed by atoms with E-state index in [0.717, 1.165) is 0 Å². The lowest BCUT2D eigenvalue weighted by molar-refractivity contribution is -0.440. The molecule has 15 heteroatoms. The van der Waals surface area contributed by atoms with Crippen LogP contribution in [0.25, 0.3) is 0 Å². The van der Waals surface area contributed by atoms with Crippen LogP contribution in [0.1, 0.15) is 6.42 Å². The van der Waals surface area contributed by atoms with Gasteiger partial charge in [0.25, 0.3) is 0 Å². The molecule has 25 heavy (non-hydrogen) atoms. The molecule has 0 aromatic heterocycles. The molecule has 0 aliphatic heterocycles. The SMILES string of the molecule is C=CC(=O)OC(F)(F)C(F)(F)C(F)(F)C(F)(F)C(F)(F)CC(F)(F)F. The Hall–Kier alpha value is -1.70. The minimum absolute atomic E-state index is 0.293. The number of alkyl halides is 13. The lowest BCUT2D eigenvalue weighted by atomic mass is 9.95. The molecule has 0 rings (SSSR count). The lowest BCUT2D eigenvalue weighted by Crippen LogP contribution is -2.68. The van der Waals surface area contributed by atoms with Crippen LogP contribution in [-0.2, 0) is 9.53 Å². The number of halogens is 13. The first-order chi connectivity index (χ1) is 10.7. The highest BCUT2D eigenvalue weighted by atomic mass is 19.4. The Morgan fingerprint density at radius 1 is 0.760 bits per heavy atom. The van der Waals surface area contributed by atoms with Gasteiger partial charge in [0.1, 0.15) is 6.42 Å². The maximum absolute atomic E-state index is 13.1. The molecule has 0 N–H and O–H groups in total. The molecule has 0 amide bonds. The summed E-state index contributed by atoms with van der Waals surface area (Å²) in [6.45, 7) is 2.38. The molecular weight excluding hydrogens is 399 g/mol. The minimum atomic E-state index is -7.76. The predicted molar refractivity (Wildman–Crippen MR) is 51.7 cm³/mol. The van der Waals surface area contributed by atoms with E-state index in [1.54, 1.807) is 0 Å². The zero-order chi connectivity index (χ0) is 20.7. The summed E-state index contributed by atoms with van der Waals surface area (Å²) in [6.07, 6.45) is -17.3. The fourth-order valence-corrected chi connectivity index (χ4v) is 1.20. The third kappa shape index (κ3) is 4.11. The molecule has 0 radical (unpaired) electrons. The molecule has 0 fully saturated rings. The number of hydrogen-bond acceptors (Lipinski definition) is 2. The molecule has 0 bridgehead atoms. The monoisotopic (exact) mass is 404 g/mol. The Kier molecular flexibility index (Phi) is 5.81. The number of hydrogen-bond donors (Lipinski definition) is 0. The molecule has 0 saturated heterocycles. The number of ether oxygens (including phenoxy) is 1. The first-order valence-electron chi connectivity index (χ1n) is 5.47. The van der Waals surface area contributed by atoms with Gasteiger partial charge >= 0.3 is 41.9 Å². The van der Waals surface area contributed by atoms with Crippen LogP contribution < -0.4 is 0 Å². The molecular formula is C10H5F13O2. The molecule has 0 aliphatic rings. The zero-order valence-corrected chi connectivity index (χ0v) is 11.2. The summed E-state index contributed by atoms with van der Waals surface area (Å²) in [4.78, 5) is 10.4. The Balaban J connectivity index is 6.07. The van der Waals surface area contributed by atoms with E-state index in [1.807, 2.05) is 0 Å². The quantitative estimate of drug-likeness (QED) is 0.346. The first kappa shape index (κ1) is 23.3. The van der Waals surface area contributed by atoms with Gasteiger partial charge in [-0.2, -0.15) is 57.1 Å². The van der Waals surface area contributed by atoms with E-state index in [4.69, 9.17) is 0 Å². The standard InChI is InChI=1S/C10H5F13O2/c1-2-4(24)25-10(22,23)9(20,21)8(18,19)7(16,17)5(11,12)3-6(13,14)15/h2H,1,3H2. The third-order valence-electron chi connectivity index (χ3n) is 2.43. The van der Waals surface area contributed by atoms with Crippen LogP contribution in [0.2, 0.25) is 0 Å². The van der Waals surface area contributed by atoms with Gasteiger partial charge in [-0.25, -0.2) is 4.79 Å². The van der Waals surface area contributed by atoms with Crippen LogP contribution in [-0.4, -0.2) is 41.9 Å². The molecule has 0 aromatic carbocycles. The fourth-order valence-electron chi connectivity index (χ4n) is 1.20. The Labute approximate surface area is 129 Å². The van der Waals surface area contributed by atoms with E-state index in [0.29, 0.717) is 0 Å². The summed E-state index contributed by atoms with van der Waals surface area (Å²) in [5.74, 6) is -32.3. The molecule has 148 valence electrons. The van der Waals surface area contributed by atoms with Crippen molar-refractivity contribution < 1.29 is 66.6 Å². The van der Waals surface area contributed by atoms with Crippen molar-refractivity contribution in [1.29, 1.82) is 0 Å². The van der Waals surface area contributed by atoms with Crippen LogP contribution in [0.3, 0.4) is 0 Å². The summed E-state index contributed by atoms with van der Waals surface area (Å²) in [5.41, 5.74) is 0. The van der Waals surface area contributed by atoms with Gasteiger partial charge in [0.15, 0.2) is 0 Å². The van der Waals surface area contributed by atoms with Gasteiger partial charge in [-0.15, -0.1) is 0 Å². The molecule has 0 spiro atoms. The van der Waals surface area contributed by atoms with Crippen molar-refractivity contribution in [3.8, 4) is 0 Å². The van der Waals surface area contributed by atoms with Crippen LogP contribution in [0.5, 0.6) is 0 Å². The molecule has 0 unspecified atom stereocenters. The average molecular weight is 404 g/mol. The maximum Gasteiger partial charge on any atom is 0.473 e. The fraction of sp³-hybridized carbons (Fsp3) is 0.700. The molecule has 0 aromatic rings. The van der Waals surface area contributed by atoms with Crippen LogP contribution in [0.15, 0.2) is 12.7 Å². The smallest absolute Gasteiger partial charge is 0.393 e. The van der Waals surface area contributed by atoms with Crippen molar-refractivity contribution in [2.24, 2.45) is 0 Å². The van der Waals surface area contributed by atoms with Gasteiger partial charge in [-0.3, -0.25) is 0 Å². The number of carbonyl (C=O) groups is 1. The number of esters is 1. The van der Waals surface area contributed by atoms with E-state index < -0.39 is 48.4 Å². The van der Waals surface area contributed by atoms with E-state index in [2.05, 4.69) is 11.3 Å². The highest BCUT2D eigenvalue weighted by Crippen LogP contribution is 2.58. The van der Waals surface area contributed by atoms with Crippen molar-refractivity contribution in [3.63, 3.8) is 0 Å². The number of carbonyl (C=O) groups excluding carboxylic acids is 1. The molecule has 0 atom stereocenters. The summed E-state index contributed by atoms with van der Waals surface area (Å²) >= 11 is 0. The van der Waals surface area contributed by atoms with Crippen molar-refractivity contribution >= 4 is 5.97 Å². The summed E-state index contributed by atoms with van der Waals surface area (Å²) in [6, 6.07) is 0. The maximum atomic E-state index is 13.1. The highest BCUT2D eigenvalue weighted by Gasteiger charge is 2.88. The van der Waals surface area contributed by atoms with Crippen molar-refractivity contribution in [1.82, 2.24) is 0 Å². The van der Waals surface area contributed by atoms with Crippen LogP contribution in [0, 0.1) is 0 Å². The highest BCUT2D eigenvalue weighted by molar-refractivity contribution is 5.81. The second kappa shape index (κ2) is 6.23. The van der Waals surface area contributed by atoms with Gasteiger partial charge in [-0.1, -0.05) is 6.58 Å². The van der Waals surface area contributed by atoms with Crippen molar-refractivity contribution in [2.75, 3.05) is 0 Å². The summed E-state index contributed by atoms with van der Waals surface area (Å²) in [7, 11) is 0. The summed E-state index contributed by atoms with van der Waals surface area (Å²) < 4.78 is 167. The van der Waals surface area contributed by atoms with Crippen molar-refractivity contribution in [2.45, 2.75) is 42.4 Å². The third-order valence-corrected chi connectivity index (χ3v) is 2.43. The molecule has 2 nitrogen and oxygen atoms in total. The van der Waals surface area contributed by atoms with Gasteiger partial charge in [0, 0.05) is 6.08 Å². The molecule has 0 saturated carbocycles. The zero-order valence-electron chi connectivity index (χ0n) is 11.2. The van der Waals surface area contributed by atoms with E-state index >= 15 is 0 Å². The Morgan fingerprint density at radius 3 is 1.48 bits per heavy atom. The average Bonchev–Trinajstić information content (AvgIpc) is 2.34. The van der Waals surface area contributed by atoms with E-state index in [1.165, 1.54) is 0 Å². The van der Waals surface area contributed by atoms with Crippen LogP contribution in [0.4, 0.5) is 57.1 Å². The Bertz CT molecular complexity index is 519. The van der Waals surface area contributed by atoms with Crippen LogP contribution >= 0.6 is 0 Å². The second-order valence-corrected chi connectivity index (χ2v) is 4.36. The second-order valence-electron chi connectivity index (χ2n) is 4.36. The van der Waals surface area contributed by atoms with E-state index in [9.17, 15) is 61.9 Å². The summed E-state index contributed by atoms with van der Waals surface area (Å²) in [5, 5.41) is 0. The van der Waals surface area contributed by atoms with Gasteiger partial charge in [0.2, 0.25) is 0 Å². The predicted octanol–water partition coefficient (Wildman–Crippen LogP) is 4.80. The lowest BCUT2D eigenvalue weighted by Gasteiger charge is -2.38. The molecule has 0 aliphatic carbocycles. The van der Waals surface area contributed by atoms with E-state index in [-0.39, 0.29) is 6.08 Å². The van der Waals surface area contributed by atoms with Crippen molar-refractivity contribution in [3.05, 3.63) is 12.7 Å². The van der Waals surface area contributed by atoms with Gasteiger partial charge < -0.3 is 4.74 Å². The first-order valence-corrected chi connectivity index (χ1v) is 5.47. The molecule has 0 heterocycles. The topological polar surface area (TPSA) is 26.3 Å². The van der Waals surface area contributed by atoms with Gasteiger partial charge in [0.05, 0.1) is 0 Å². The number of rotatable bonds is 7. The van der Waals surface area contributed by atoms with Gasteiger partial charge in [-0.05, 0) is 0 Å². The normalized spacial score (nSPS) is 15.1.